The van der Waals surface area contributed by atoms with Gasteiger partial charge in [0, 0.05) is 19.6 Å². The lowest BCUT2D eigenvalue weighted by Crippen LogP contribution is -2.30. The molecule has 2 atom stereocenters. The summed E-state index contributed by atoms with van der Waals surface area (Å²) in [5.41, 5.74) is 7.57. The van der Waals surface area contributed by atoms with Gasteiger partial charge >= 0.3 is 0 Å². The third kappa shape index (κ3) is 3.54. The van der Waals surface area contributed by atoms with Crippen LogP contribution in [0.4, 0.5) is 0 Å². The molecule has 0 N–H and O–H groups in total. The Balaban J connectivity index is 1.71. The zero-order valence-corrected chi connectivity index (χ0v) is 25.0. The Kier molecular flexibility index (Phi) is 6.01. The summed E-state index contributed by atoms with van der Waals surface area (Å²) in [6, 6.07) is 45.7. The molecule has 5 aromatic rings. The summed E-state index contributed by atoms with van der Waals surface area (Å²) in [6.07, 6.45) is 2.24. The predicted molar refractivity (Wildman–Crippen MR) is 170 cm³/mol. The van der Waals surface area contributed by atoms with Crippen LogP contribution >= 0.6 is 39.0 Å². The highest BCUT2D eigenvalue weighted by Crippen LogP contribution is 2.82. The molecular weight excluding hydrogens is 627 g/mol. The molecule has 0 saturated carbocycles. The first-order chi connectivity index (χ1) is 19.0. The standard InChI is InChI=1S/C35H23Br2OP/c36-27-18-16-25(17-19-27)34-30-21-20-28(37)22-31(30)35(26-12-6-2-7-13-26)32(34)23-33(24-10-4-1-5-11-24)39(35,38)29-14-8-3-9-15-29/h1-23H/t35-,39+/m0/s1. The smallest absolute Gasteiger partial charge is 0.162 e. The molecule has 0 fully saturated rings. The first-order valence-electron chi connectivity index (χ1n) is 12.9. The molecule has 0 bridgehead atoms. The van der Waals surface area contributed by atoms with E-state index >= 15 is 4.57 Å². The van der Waals surface area contributed by atoms with Gasteiger partial charge in [0.25, 0.3) is 0 Å². The first kappa shape index (κ1) is 24.8. The summed E-state index contributed by atoms with van der Waals surface area (Å²) >= 11 is 7.38. The Morgan fingerprint density at radius 3 is 1.85 bits per heavy atom. The second-order valence-corrected chi connectivity index (χ2v) is 14.6. The second-order valence-electron chi connectivity index (χ2n) is 9.90. The van der Waals surface area contributed by atoms with Gasteiger partial charge in [0.1, 0.15) is 5.16 Å². The molecule has 0 spiro atoms. The van der Waals surface area contributed by atoms with Crippen LogP contribution in [0.25, 0.3) is 10.9 Å². The van der Waals surface area contributed by atoms with E-state index in [1.54, 1.807) is 0 Å². The quantitative estimate of drug-likeness (QED) is 0.177. The third-order valence-electron chi connectivity index (χ3n) is 7.91. The van der Waals surface area contributed by atoms with Crippen LogP contribution < -0.4 is 5.30 Å². The highest BCUT2D eigenvalue weighted by atomic mass is 79.9. The summed E-state index contributed by atoms with van der Waals surface area (Å²) in [6.45, 7) is 0. The Hall–Kier alpha value is -3.23. The average molecular weight is 650 g/mol. The molecule has 7 rings (SSSR count). The summed E-state index contributed by atoms with van der Waals surface area (Å²) in [7, 11) is -3.36. The van der Waals surface area contributed by atoms with Crippen molar-refractivity contribution < 1.29 is 4.57 Å². The van der Waals surface area contributed by atoms with Gasteiger partial charge in [0.15, 0.2) is 7.14 Å². The van der Waals surface area contributed by atoms with E-state index < -0.39 is 12.3 Å². The summed E-state index contributed by atoms with van der Waals surface area (Å²) in [5, 5.41) is 0.887. The maximum Gasteiger partial charge on any atom is 0.162 e. The van der Waals surface area contributed by atoms with Crippen molar-refractivity contribution in [2.45, 2.75) is 5.16 Å². The van der Waals surface area contributed by atoms with Crippen LogP contribution in [0.15, 0.2) is 154 Å². The largest absolute Gasteiger partial charge is 0.312 e. The van der Waals surface area contributed by atoms with E-state index in [-0.39, 0.29) is 0 Å². The lowest BCUT2D eigenvalue weighted by atomic mass is 9.86. The van der Waals surface area contributed by atoms with Crippen molar-refractivity contribution in [3.05, 3.63) is 182 Å². The molecule has 1 nitrogen and oxygen atoms in total. The molecule has 4 heteroatoms. The number of halogens is 2. The summed E-state index contributed by atoms with van der Waals surface area (Å²) in [4.78, 5) is 0. The molecule has 0 amide bonds. The van der Waals surface area contributed by atoms with Crippen LogP contribution in [-0.2, 0) is 9.72 Å². The van der Waals surface area contributed by atoms with Gasteiger partial charge in [-0.1, -0.05) is 141 Å². The zero-order chi connectivity index (χ0) is 26.6. The maximum absolute atomic E-state index is 16.5. The molecule has 1 aliphatic heterocycles. The fourth-order valence-electron chi connectivity index (χ4n) is 6.37. The zero-order valence-electron chi connectivity index (χ0n) is 20.9. The first-order valence-corrected chi connectivity index (χ1v) is 16.1. The van der Waals surface area contributed by atoms with Crippen LogP contribution in [-0.4, -0.2) is 0 Å². The number of fused-ring (bicyclic) bond motifs is 3. The highest BCUT2D eigenvalue weighted by Gasteiger charge is 2.63. The Morgan fingerprint density at radius 2 is 1.18 bits per heavy atom. The Labute approximate surface area is 245 Å². The predicted octanol–water partition coefficient (Wildman–Crippen LogP) is 10.0. The van der Waals surface area contributed by atoms with Crippen LogP contribution in [0.1, 0.15) is 27.8 Å². The van der Waals surface area contributed by atoms with E-state index in [4.69, 9.17) is 0 Å². The number of hydrogen-bond donors (Lipinski definition) is 0. The number of benzene rings is 5. The van der Waals surface area contributed by atoms with E-state index in [2.05, 4.69) is 117 Å². The molecule has 39 heavy (non-hydrogen) atoms. The molecule has 0 unspecified atom stereocenters. The molecule has 188 valence electrons. The van der Waals surface area contributed by atoms with Crippen molar-refractivity contribution in [2.75, 3.05) is 0 Å². The van der Waals surface area contributed by atoms with Crippen LogP contribution in [0.5, 0.6) is 0 Å². The van der Waals surface area contributed by atoms with Gasteiger partial charge in [-0.25, -0.2) is 0 Å². The number of rotatable bonds is 4. The lowest BCUT2D eigenvalue weighted by molar-refractivity contribution is 0.575. The van der Waals surface area contributed by atoms with Gasteiger partial charge in [-0.3, -0.25) is 0 Å². The fraction of sp³-hybridized carbons (Fsp3) is 0.0286. The normalized spacial score (nSPS) is 21.4. The van der Waals surface area contributed by atoms with Crippen molar-refractivity contribution in [2.24, 2.45) is 0 Å². The monoisotopic (exact) mass is 648 g/mol. The summed E-state index contributed by atoms with van der Waals surface area (Å²) < 4.78 is 18.5. The van der Waals surface area contributed by atoms with E-state index in [0.717, 1.165) is 58.5 Å². The Bertz CT molecular complexity index is 1830. The van der Waals surface area contributed by atoms with Gasteiger partial charge in [-0.15, -0.1) is 0 Å². The van der Waals surface area contributed by atoms with Crippen molar-refractivity contribution in [1.82, 2.24) is 0 Å². The van der Waals surface area contributed by atoms with Crippen molar-refractivity contribution in [1.29, 1.82) is 0 Å². The number of hydrogen-bond acceptors (Lipinski definition) is 1. The molecule has 0 aromatic heterocycles. The molecule has 5 aromatic carbocycles. The van der Waals surface area contributed by atoms with Crippen LogP contribution in [0.2, 0.25) is 0 Å². The maximum atomic E-state index is 16.5. The minimum atomic E-state index is -3.36. The molecule has 1 heterocycles. The van der Waals surface area contributed by atoms with Crippen molar-refractivity contribution in [3.63, 3.8) is 0 Å². The minimum absolute atomic E-state index is 0.863. The second kappa shape index (κ2) is 9.45. The van der Waals surface area contributed by atoms with Crippen molar-refractivity contribution in [3.8, 4) is 0 Å². The molecular formula is C35H23Br2OP. The molecule has 1 aliphatic carbocycles. The van der Waals surface area contributed by atoms with Gasteiger partial charge < -0.3 is 4.57 Å². The van der Waals surface area contributed by atoms with E-state index in [1.807, 2.05) is 54.6 Å². The van der Waals surface area contributed by atoms with Crippen LogP contribution in [0, 0.1) is 0 Å². The highest BCUT2D eigenvalue weighted by molar-refractivity contribution is 9.10. The van der Waals surface area contributed by atoms with E-state index in [1.165, 1.54) is 0 Å². The van der Waals surface area contributed by atoms with Crippen LogP contribution in [0.3, 0.4) is 0 Å². The fourth-order valence-corrected chi connectivity index (χ4v) is 11.0. The minimum Gasteiger partial charge on any atom is -0.312 e. The van der Waals surface area contributed by atoms with E-state index in [9.17, 15) is 0 Å². The van der Waals surface area contributed by atoms with Crippen molar-refractivity contribution >= 4 is 55.2 Å². The molecule has 0 saturated heterocycles. The van der Waals surface area contributed by atoms with Gasteiger partial charge in [0.05, 0.1) is 0 Å². The van der Waals surface area contributed by atoms with Gasteiger partial charge in [-0.05, 0) is 69.3 Å². The SMILES string of the molecule is O=[P@]1(c2ccccc2)C(c2ccccc2)=CC2=C(c3ccc(Br)cc3)c3ccc(Br)cc3[C@@]21c1ccccc1. The molecule has 2 aliphatic rings. The lowest BCUT2D eigenvalue weighted by Gasteiger charge is -2.38. The topological polar surface area (TPSA) is 17.1 Å². The number of allylic oxidation sites excluding steroid dienone is 2. The Morgan fingerprint density at radius 1 is 0.590 bits per heavy atom. The molecule has 0 radical (unpaired) electrons. The average Bonchev–Trinajstić information content (AvgIpc) is 3.43. The summed E-state index contributed by atoms with van der Waals surface area (Å²) in [5.74, 6) is 0. The third-order valence-corrected chi connectivity index (χ3v) is 12.7. The van der Waals surface area contributed by atoms with Gasteiger partial charge in [-0.2, -0.15) is 0 Å². The van der Waals surface area contributed by atoms with Gasteiger partial charge in [0.2, 0.25) is 0 Å². The van der Waals surface area contributed by atoms with E-state index in [0.29, 0.717) is 0 Å².